The van der Waals surface area contributed by atoms with E-state index < -0.39 is 21.5 Å². The van der Waals surface area contributed by atoms with Gasteiger partial charge < -0.3 is 9.47 Å². The Balaban J connectivity index is 2.27. The molecule has 0 bridgehead atoms. The molecule has 0 aliphatic carbocycles. The fourth-order valence-electron chi connectivity index (χ4n) is 2.04. The van der Waals surface area contributed by atoms with E-state index >= 15 is 0 Å². The number of thiazole rings is 1. The molecule has 112 valence electrons. The minimum Gasteiger partial charge on any atom is -0.464 e. The number of rotatable bonds is 4. The number of nitrogens with one attached hydrogen (secondary N) is 1. The van der Waals surface area contributed by atoms with Crippen LogP contribution >= 0.6 is 11.3 Å². The van der Waals surface area contributed by atoms with E-state index in [9.17, 15) is 13.2 Å². The van der Waals surface area contributed by atoms with Gasteiger partial charge in [-0.2, -0.15) is 0 Å². The topological polar surface area (TPSA) is 94.6 Å². The number of hydrogen-bond acceptors (Lipinski definition) is 7. The molecule has 1 fully saturated rings. The summed E-state index contributed by atoms with van der Waals surface area (Å²) < 4.78 is 37.1. The van der Waals surface area contributed by atoms with Crippen LogP contribution in [0, 0.1) is 0 Å². The predicted octanol–water partition coefficient (Wildman–Crippen LogP) is 0.777. The van der Waals surface area contributed by atoms with Crippen LogP contribution in [-0.2, 0) is 19.5 Å². The molecular formula is C11H16N2O5S2. The van der Waals surface area contributed by atoms with Crippen LogP contribution in [0.5, 0.6) is 0 Å². The van der Waals surface area contributed by atoms with Crippen LogP contribution in [0.15, 0.2) is 9.72 Å². The average Bonchev–Trinajstić information content (AvgIpc) is 2.87. The Morgan fingerprint density at radius 1 is 1.60 bits per heavy atom. The van der Waals surface area contributed by atoms with Gasteiger partial charge in [0.25, 0.3) is 10.0 Å². The number of hydrogen-bond donors (Lipinski definition) is 1. The molecule has 1 aromatic heterocycles. The Morgan fingerprint density at radius 2 is 2.35 bits per heavy atom. The minimum atomic E-state index is -3.84. The maximum absolute atomic E-state index is 12.4. The van der Waals surface area contributed by atoms with Crippen LogP contribution in [0.1, 0.15) is 30.3 Å². The van der Waals surface area contributed by atoms with Crippen molar-refractivity contribution in [2.45, 2.75) is 29.5 Å². The molecule has 7 nitrogen and oxygen atoms in total. The Morgan fingerprint density at radius 3 is 2.95 bits per heavy atom. The Kier molecular flexibility index (Phi) is 4.43. The Bertz CT molecular complexity index is 590. The number of sulfonamides is 1. The fraction of sp³-hybridized carbons (Fsp3) is 0.636. The molecule has 20 heavy (non-hydrogen) atoms. The number of carbonyl (C=O) groups excluding carboxylic acids is 1. The van der Waals surface area contributed by atoms with E-state index in [0.29, 0.717) is 19.6 Å². The van der Waals surface area contributed by atoms with E-state index in [4.69, 9.17) is 4.74 Å². The SMILES string of the molecule is COC(=O)c1ncsc1S(=O)(=O)NC1(C)CCCOC1. The van der Waals surface area contributed by atoms with Crippen LogP contribution in [0.25, 0.3) is 0 Å². The molecule has 0 aromatic carbocycles. The van der Waals surface area contributed by atoms with E-state index in [2.05, 4.69) is 14.4 Å². The molecule has 1 aliphatic heterocycles. The fourth-order valence-corrected chi connectivity index (χ4v) is 4.60. The summed E-state index contributed by atoms with van der Waals surface area (Å²) in [5.41, 5.74) is 0.444. The molecule has 1 unspecified atom stereocenters. The van der Waals surface area contributed by atoms with Crippen molar-refractivity contribution in [2.24, 2.45) is 0 Å². The molecule has 0 radical (unpaired) electrons. The highest BCUT2D eigenvalue weighted by molar-refractivity contribution is 7.91. The summed E-state index contributed by atoms with van der Waals surface area (Å²) in [5.74, 6) is -0.767. The first-order valence-electron chi connectivity index (χ1n) is 6.01. The van der Waals surface area contributed by atoms with Gasteiger partial charge in [-0.3, -0.25) is 0 Å². The third-order valence-corrected chi connectivity index (χ3v) is 5.98. The number of aromatic nitrogens is 1. The maximum Gasteiger partial charge on any atom is 0.358 e. The van der Waals surface area contributed by atoms with E-state index in [1.807, 2.05) is 0 Å². The zero-order valence-electron chi connectivity index (χ0n) is 11.2. The normalized spacial score (nSPS) is 23.5. The average molecular weight is 320 g/mol. The van der Waals surface area contributed by atoms with E-state index in [1.165, 1.54) is 12.6 Å². The molecular weight excluding hydrogens is 304 g/mol. The monoisotopic (exact) mass is 320 g/mol. The molecule has 1 aromatic rings. The van der Waals surface area contributed by atoms with Crippen LogP contribution < -0.4 is 4.72 Å². The van der Waals surface area contributed by atoms with Crippen LogP contribution in [0.4, 0.5) is 0 Å². The summed E-state index contributed by atoms with van der Waals surface area (Å²) in [6.45, 7) is 2.71. The highest BCUT2D eigenvalue weighted by Crippen LogP contribution is 2.25. The first-order valence-corrected chi connectivity index (χ1v) is 8.38. The van der Waals surface area contributed by atoms with Gasteiger partial charge in [-0.1, -0.05) is 0 Å². The second-order valence-corrected chi connectivity index (χ2v) is 7.53. The number of methoxy groups -OCH3 is 1. The number of ether oxygens (including phenoxy) is 2. The van der Waals surface area contributed by atoms with E-state index in [1.54, 1.807) is 6.92 Å². The second kappa shape index (κ2) is 5.76. The molecule has 1 atom stereocenters. The van der Waals surface area contributed by atoms with Gasteiger partial charge in [-0.25, -0.2) is 22.9 Å². The molecule has 2 heterocycles. The van der Waals surface area contributed by atoms with Gasteiger partial charge in [-0.05, 0) is 19.8 Å². The largest absolute Gasteiger partial charge is 0.464 e. The number of carbonyl (C=O) groups is 1. The quantitative estimate of drug-likeness (QED) is 0.824. The zero-order valence-corrected chi connectivity index (χ0v) is 12.8. The molecule has 9 heteroatoms. The molecule has 1 aliphatic rings. The third kappa shape index (κ3) is 3.17. The zero-order chi connectivity index (χ0) is 14.8. The smallest absolute Gasteiger partial charge is 0.358 e. The van der Waals surface area contributed by atoms with Gasteiger partial charge in [0.05, 0.1) is 24.8 Å². The van der Waals surface area contributed by atoms with Crippen molar-refractivity contribution in [3.63, 3.8) is 0 Å². The van der Waals surface area contributed by atoms with Crippen molar-refractivity contribution in [1.29, 1.82) is 0 Å². The lowest BCUT2D eigenvalue weighted by Gasteiger charge is -2.33. The first kappa shape index (κ1) is 15.4. The van der Waals surface area contributed by atoms with Crippen molar-refractivity contribution >= 4 is 27.3 Å². The standard InChI is InChI=1S/C11H16N2O5S2/c1-11(4-3-5-18-6-11)13-20(15,16)10-8(9(14)17-2)12-7-19-10/h7,13H,3-6H2,1-2H3. The number of esters is 1. The van der Waals surface area contributed by atoms with Crippen molar-refractivity contribution in [3.8, 4) is 0 Å². The summed E-state index contributed by atoms with van der Waals surface area (Å²) in [6, 6.07) is 0. The lowest BCUT2D eigenvalue weighted by atomic mass is 9.97. The molecule has 0 amide bonds. The van der Waals surface area contributed by atoms with Crippen LogP contribution in [0.3, 0.4) is 0 Å². The summed E-state index contributed by atoms with van der Waals surface area (Å²) in [5, 5.41) is 0. The highest BCUT2D eigenvalue weighted by Gasteiger charge is 2.36. The van der Waals surface area contributed by atoms with Crippen molar-refractivity contribution in [1.82, 2.24) is 9.71 Å². The first-order chi connectivity index (χ1) is 9.38. The third-order valence-electron chi connectivity index (χ3n) is 2.98. The summed E-state index contributed by atoms with van der Waals surface area (Å²) in [4.78, 5) is 15.3. The van der Waals surface area contributed by atoms with Gasteiger partial charge in [0.1, 0.15) is 0 Å². The highest BCUT2D eigenvalue weighted by atomic mass is 32.2. The predicted molar refractivity (Wildman–Crippen MR) is 72.2 cm³/mol. The van der Waals surface area contributed by atoms with Crippen molar-refractivity contribution in [2.75, 3.05) is 20.3 Å². The summed E-state index contributed by atoms with van der Waals surface area (Å²) in [7, 11) is -2.65. The van der Waals surface area contributed by atoms with Crippen LogP contribution in [0.2, 0.25) is 0 Å². The Hall–Kier alpha value is -1.03. The van der Waals surface area contributed by atoms with Gasteiger partial charge in [0.2, 0.25) is 0 Å². The molecule has 2 rings (SSSR count). The van der Waals surface area contributed by atoms with Crippen LogP contribution in [-0.4, -0.2) is 45.2 Å². The second-order valence-electron chi connectivity index (χ2n) is 4.80. The van der Waals surface area contributed by atoms with E-state index in [-0.39, 0.29) is 9.90 Å². The Labute approximate surface area is 121 Å². The summed E-state index contributed by atoms with van der Waals surface area (Å²) in [6.07, 6.45) is 1.46. The molecule has 1 saturated heterocycles. The maximum atomic E-state index is 12.4. The van der Waals surface area contributed by atoms with E-state index in [0.717, 1.165) is 17.8 Å². The molecule has 0 spiro atoms. The van der Waals surface area contributed by atoms with Gasteiger partial charge in [-0.15, -0.1) is 11.3 Å². The lowest BCUT2D eigenvalue weighted by Crippen LogP contribution is -2.51. The summed E-state index contributed by atoms with van der Waals surface area (Å²) >= 11 is 0.884. The van der Waals surface area contributed by atoms with Crippen molar-refractivity contribution in [3.05, 3.63) is 11.2 Å². The van der Waals surface area contributed by atoms with Crippen molar-refractivity contribution < 1.29 is 22.7 Å². The molecule has 1 N–H and O–H groups in total. The van der Waals surface area contributed by atoms with Gasteiger partial charge in [0.15, 0.2) is 9.90 Å². The number of nitrogens with zero attached hydrogens (tertiary/aromatic N) is 1. The van der Waals surface area contributed by atoms with Gasteiger partial charge >= 0.3 is 5.97 Å². The van der Waals surface area contributed by atoms with Gasteiger partial charge in [0, 0.05) is 6.61 Å². The molecule has 0 saturated carbocycles. The minimum absolute atomic E-state index is 0.129. The lowest BCUT2D eigenvalue weighted by molar-refractivity contribution is 0.0386.